The van der Waals surface area contributed by atoms with E-state index < -0.39 is 0 Å². The van der Waals surface area contributed by atoms with Gasteiger partial charge in [0.1, 0.15) is 5.75 Å². The van der Waals surface area contributed by atoms with Gasteiger partial charge in [0.2, 0.25) is 0 Å². The fourth-order valence-electron chi connectivity index (χ4n) is 3.66. The van der Waals surface area contributed by atoms with Gasteiger partial charge in [0.05, 0.1) is 6.21 Å². The van der Waals surface area contributed by atoms with Crippen LogP contribution in [0.5, 0.6) is 5.75 Å². The number of ether oxygens (including phenoxy) is 1. The summed E-state index contributed by atoms with van der Waals surface area (Å²) in [7, 11) is 0. The molecule has 156 valence electrons. The molecule has 0 unspecified atom stereocenters. The maximum absolute atomic E-state index is 12.2. The monoisotopic (exact) mass is 411 g/mol. The van der Waals surface area contributed by atoms with E-state index in [2.05, 4.69) is 45.6 Å². The van der Waals surface area contributed by atoms with Crippen molar-refractivity contribution in [1.82, 2.24) is 9.99 Å². The summed E-state index contributed by atoms with van der Waals surface area (Å²) in [5, 5.41) is 5.24. The molecule has 0 spiro atoms. The maximum atomic E-state index is 12.2. The normalized spacial score (nSPS) is 11.2. The lowest BCUT2D eigenvalue weighted by atomic mass is 10.1. The van der Waals surface area contributed by atoms with Crippen molar-refractivity contribution < 1.29 is 9.53 Å². The van der Waals surface area contributed by atoms with E-state index in [1.165, 1.54) is 5.56 Å². The summed E-state index contributed by atoms with van der Waals surface area (Å²) in [6.45, 7) is 4.61. The largest absolute Gasteiger partial charge is 0.483 e. The first-order valence-electron chi connectivity index (χ1n) is 10.2. The van der Waals surface area contributed by atoms with E-state index in [0.717, 1.165) is 39.9 Å². The Hall–Kier alpha value is -3.86. The molecular formula is C26H25N3O2. The summed E-state index contributed by atoms with van der Waals surface area (Å²) in [4.78, 5) is 12.2. The molecule has 0 aliphatic heterocycles. The Morgan fingerprint density at radius 3 is 2.45 bits per heavy atom. The smallest absolute Gasteiger partial charge is 0.277 e. The number of carbonyl (C=O) groups is 1. The fourth-order valence-corrected chi connectivity index (χ4v) is 3.66. The number of benzene rings is 3. The van der Waals surface area contributed by atoms with Crippen LogP contribution in [0.3, 0.4) is 0 Å². The standard InChI is InChI=1S/C26H25N3O2/c1-19-9-8-10-20(2)26(19)31-18-25(30)28-27-15-22-17-29(16-21-11-4-3-5-12-21)24-14-7-6-13-23(22)24/h3-15,17H,16,18H2,1-2H3,(H,28,30)/b27-15+. The van der Waals surface area contributed by atoms with Crippen LogP contribution in [0.15, 0.2) is 84.1 Å². The van der Waals surface area contributed by atoms with Crippen molar-refractivity contribution in [3.05, 3.63) is 101 Å². The summed E-state index contributed by atoms with van der Waals surface area (Å²) in [6.07, 6.45) is 3.74. The SMILES string of the molecule is Cc1cccc(C)c1OCC(=O)N/N=C/c1cn(Cc2ccccc2)c2ccccc12. The fraction of sp³-hybridized carbons (Fsp3) is 0.154. The summed E-state index contributed by atoms with van der Waals surface area (Å²) >= 11 is 0. The highest BCUT2D eigenvalue weighted by Gasteiger charge is 2.09. The zero-order chi connectivity index (χ0) is 21.6. The molecule has 0 atom stereocenters. The maximum Gasteiger partial charge on any atom is 0.277 e. The van der Waals surface area contributed by atoms with Crippen LogP contribution in [0, 0.1) is 13.8 Å². The van der Waals surface area contributed by atoms with Crippen LogP contribution in [-0.4, -0.2) is 23.3 Å². The minimum absolute atomic E-state index is 0.0845. The number of carbonyl (C=O) groups excluding carboxylic acids is 1. The van der Waals surface area contributed by atoms with Crippen LogP contribution < -0.4 is 10.2 Å². The second-order valence-electron chi connectivity index (χ2n) is 7.52. The number of para-hydroxylation sites is 2. The zero-order valence-corrected chi connectivity index (χ0v) is 17.7. The van der Waals surface area contributed by atoms with E-state index in [1.54, 1.807) is 6.21 Å². The summed E-state index contributed by atoms with van der Waals surface area (Å²) < 4.78 is 7.88. The number of nitrogens with one attached hydrogen (secondary N) is 1. The highest BCUT2D eigenvalue weighted by Crippen LogP contribution is 2.22. The second-order valence-corrected chi connectivity index (χ2v) is 7.52. The number of fused-ring (bicyclic) bond motifs is 1. The lowest BCUT2D eigenvalue weighted by Crippen LogP contribution is -2.25. The molecule has 1 heterocycles. The Bertz CT molecular complexity index is 1210. The average Bonchev–Trinajstić information content (AvgIpc) is 3.12. The molecular weight excluding hydrogens is 386 g/mol. The predicted octanol–water partition coefficient (Wildman–Crippen LogP) is 4.84. The molecule has 3 aromatic carbocycles. The average molecular weight is 412 g/mol. The van der Waals surface area contributed by atoms with Gasteiger partial charge in [0.15, 0.2) is 6.61 Å². The van der Waals surface area contributed by atoms with E-state index in [9.17, 15) is 4.79 Å². The molecule has 5 nitrogen and oxygen atoms in total. The van der Waals surface area contributed by atoms with E-state index >= 15 is 0 Å². The molecule has 0 saturated carbocycles. The summed E-state index contributed by atoms with van der Waals surface area (Å²) in [5.74, 6) is 0.442. The predicted molar refractivity (Wildman–Crippen MR) is 125 cm³/mol. The van der Waals surface area contributed by atoms with Crippen LogP contribution in [0.25, 0.3) is 10.9 Å². The molecule has 0 radical (unpaired) electrons. The Balaban J connectivity index is 1.44. The Kier molecular flexibility index (Phi) is 6.13. The highest BCUT2D eigenvalue weighted by atomic mass is 16.5. The first-order valence-corrected chi connectivity index (χ1v) is 10.2. The van der Waals surface area contributed by atoms with Crippen LogP contribution in [-0.2, 0) is 11.3 Å². The van der Waals surface area contributed by atoms with E-state index in [4.69, 9.17) is 4.74 Å². The topological polar surface area (TPSA) is 55.6 Å². The second kappa shape index (κ2) is 9.30. The summed E-state index contributed by atoms with van der Waals surface area (Å²) in [6, 6.07) is 24.4. The summed E-state index contributed by atoms with van der Waals surface area (Å²) in [5.41, 5.74) is 7.86. The molecule has 1 aromatic heterocycles. The van der Waals surface area contributed by atoms with E-state index in [1.807, 2.05) is 62.4 Å². The van der Waals surface area contributed by atoms with Gasteiger partial charge in [-0.25, -0.2) is 5.43 Å². The molecule has 0 aliphatic rings. The van der Waals surface area contributed by atoms with Crippen molar-refractivity contribution in [2.45, 2.75) is 20.4 Å². The molecule has 1 N–H and O–H groups in total. The lowest BCUT2D eigenvalue weighted by molar-refractivity contribution is -0.123. The van der Waals surface area contributed by atoms with Gasteiger partial charge in [0, 0.05) is 29.2 Å². The van der Waals surface area contributed by atoms with Crippen molar-refractivity contribution in [3.63, 3.8) is 0 Å². The van der Waals surface area contributed by atoms with Crippen LogP contribution in [0.4, 0.5) is 0 Å². The molecule has 5 heteroatoms. The van der Waals surface area contributed by atoms with Crippen molar-refractivity contribution in [1.29, 1.82) is 0 Å². The first kappa shape index (κ1) is 20.4. The molecule has 0 fully saturated rings. The number of aromatic nitrogens is 1. The van der Waals surface area contributed by atoms with Crippen molar-refractivity contribution in [3.8, 4) is 5.75 Å². The van der Waals surface area contributed by atoms with Crippen molar-refractivity contribution in [2.24, 2.45) is 5.10 Å². The number of nitrogens with zero attached hydrogens (tertiary/aromatic N) is 2. The van der Waals surface area contributed by atoms with Gasteiger partial charge in [0.25, 0.3) is 5.91 Å². The number of amides is 1. The molecule has 0 aliphatic carbocycles. The number of aryl methyl sites for hydroxylation is 2. The number of hydrogen-bond acceptors (Lipinski definition) is 3. The molecule has 0 saturated heterocycles. The number of hydrogen-bond donors (Lipinski definition) is 1. The Morgan fingerprint density at radius 1 is 0.968 bits per heavy atom. The van der Waals surface area contributed by atoms with Crippen LogP contribution >= 0.6 is 0 Å². The van der Waals surface area contributed by atoms with Gasteiger partial charge in [-0.2, -0.15) is 5.10 Å². The Labute approximate surface area is 182 Å². The third-order valence-electron chi connectivity index (χ3n) is 5.16. The Morgan fingerprint density at radius 2 is 1.68 bits per heavy atom. The van der Waals surface area contributed by atoms with Gasteiger partial charge >= 0.3 is 0 Å². The van der Waals surface area contributed by atoms with Gasteiger partial charge < -0.3 is 9.30 Å². The van der Waals surface area contributed by atoms with Gasteiger partial charge in [-0.15, -0.1) is 0 Å². The molecule has 4 aromatic rings. The van der Waals surface area contributed by atoms with Gasteiger partial charge in [-0.05, 0) is 36.6 Å². The number of rotatable bonds is 7. The van der Waals surface area contributed by atoms with Crippen LogP contribution in [0.1, 0.15) is 22.3 Å². The molecule has 31 heavy (non-hydrogen) atoms. The quantitative estimate of drug-likeness (QED) is 0.350. The minimum atomic E-state index is -0.299. The molecule has 0 bridgehead atoms. The highest BCUT2D eigenvalue weighted by molar-refractivity contribution is 5.99. The van der Waals surface area contributed by atoms with E-state index in [-0.39, 0.29) is 12.5 Å². The molecule has 4 rings (SSSR count). The van der Waals surface area contributed by atoms with Crippen molar-refractivity contribution in [2.75, 3.05) is 6.61 Å². The lowest BCUT2D eigenvalue weighted by Gasteiger charge is -2.10. The van der Waals surface area contributed by atoms with E-state index in [0.29, 0.717) is 0 Å². The number of hydrazone groups is 1. The zero-order valence-electron chi connectivity index (χ0n) is 17.7. The third-order valence-corrected chi connectivity index (χ3v) is 5.16. The third kappa shape index (κ3) is 4.83. The molecule has 1 amide bonds. The van der Waals surface area contributed by atoms with Gasteiger partial charge in [-0.1, -0.05) is 66.7 Å². The minimum Gasteiger partial charge on any atom is -0.483 e. The van der Waals surface area contributed by atoms with Crippen LogP contribution in [0.2, 0.25) is 0 Å². The van der Waals surface area contributed by atoms with Crippen molar-refractivity contribution >= 4 is 23.0 Å². The first-order chi connectivity index (χ1) is 15.1. The van der Waals surface area contributed by atoms with Gasteiger partial charge in [-0.3, -0.25) is 4.79 Å².